The lowest BCUT2D eigenvalue weighted by Gasteiger charge is -2.27. The van der Waals surface area contributed by atoms with Crippen LogP contribution in [0.3, 0.4) is 0 Å². The Balaban J connectivity index is 2.65. The van der Waals surface area contributed by atoms with Crippen LogP contribution in [0, 0.1) is 5.92 Å². The SMILES string of the molecule is CC(C)C[C@H](NC(=O)OC(C)(C)C)[C@@H](O)CC(=O)ON1C(=O)C=CC1=O. The predicted molar refractivity (Wildman–Crippen MR) is 90.3 cm³/mol. The van der Waals surface area contributed by atoms with Gasteiger partial charge in [-0.3, -0.25) is 9.59 Å². The average Bonchev–Trinajstić information content (AvgIpc) is 2.75. The lowest BCUT2D eigenvalue weighted by Crippen LogP contribution is -2.47. The second kappa shape index (κ2) is 8.79. The fourth-order valence-corrected chi connectivity index (χ4v) is 2.21. The van der Waals surface area contributed by atoms with Crippen molar-refractivity contribution in [3.05, 3.63) is 12.2 Å². The first kappa shape index (κ1) is 21.6. The first-order chi connectivity index (χ1) is 11.9. The zero-order valence-electron chi connectivity index (χ0n) is 15.6. The van der Waals surface area contributed by atoms with E-state index in [0.717, 1.165) is 12.2 Å². The van der Waals surface area contributed by atoms with Crippen molar-refractivity contribution in [2.45, 2.75) is 65.2 Å². The number of ether oxygens (including phenoxy) is 1. The molecule has 0 fully saturated rings. The summed E-state index contributed by atoms with van der Waals surface area (Å²) in [6.45, 7) is 8.89. The van der Waals surface area contributed by atoms with Gasteiger partial charge in [0, 0.05) is 12.2 Å². The molecule has 0 spiro atoms. The number of hydrogen-bond acceptors (Lipinski definition) is 7. The van der Waals surface area contributed by atoms with Crippen LogP contribution in [0.4, 0.5) is 4.79 Å². The highest BCUT2D eigenvalue weighted by atomic mass is 16.7. The summed E-state index contributed by atoms with van der Waals surface area (Å²) in [6, 6.07) is -0.763. The molecule has 1 heterocycles. The highest BCUT2D eigenvalue weighted by Gasteiger charge is 2.31. The van der Waals surface area contributed by atoms with E-state index in [1.165, 1.54) is 0 Å². The van der Waals surface area contributed by atoms with Crippen molar-refractivity contribution < 1.29 is 33.9 Å². The fourth-order valence-electron chi connectivity index (χ4n) is 2.21. The largest absolute Gasteiger partial charge is 0.444 e. The zero-order valence-corrected chi connectivity index (χ0v) is 15.6. The number of carbonyl (C=O) groups is 4. The standard InChI is InChI=1S/C17H26N2O7/c1-10(2)8-11(18-16(24)25-17(3,4)5)12(20)9-15(23)26-19-13(21)6-7-14(19)22/h6-7,10-12,20H,8-9H2,1-5H3,(H,18,24)/t11-,12-/m0/s1. The summed E-state index contributed by atoms with van der Waals surface area (Å²) in [5.74, 6) is -2.40. The van der Waals surface area contributed by atoms with Crippen LogP contribution in [0.15, 0.2) is 12.2 Å². The Labute approximate surface area is 152 Å². The minimum Gasteiger partial charge on any atom is -0.444 e. The van der Waals surface area contributed by atoms with Crippen molar-refractivity contribution >= 4 is 23.9 Å². The number of amides is 3. The van der Waals surface area contributed by atoms with Crippen LogP contribution in [-0.2, 0) is 24.0 Å². The summed E-state index contributed by atoms with van der Waals surface area (Å²) in [5, 5.41) is 13.2. The van der Waals surface area contributed by atoms with E-state index in [1.54, 1.807) is 20.8 Å². The van der Waals surface area contributed by atoms with Gasteiger partial charge in [0.15, 0.2) is 0 Å². The quantitative estimate of drug-likeness (QED) is 0.643. The van der Waals surface area contributed by atoms with E-state index in [-0.39, 0.29) is 5.92 Å². The highest BCUT2D eigenvalue weighted by molar-refractivity contribution is 6.12. The van der Waals surface area contributed by atoms with Gasteiger partial charge in [0.1, 0.15) is 5.60 Å². The molecule has 3 amide bonds. The smallest absolute Gasteiger partial charge is 0.407 e. The molecule has 0 aromatic rings. The third kappa shape index (κ3) is 7.22. The number of rotatable bonds is 7. The minimum atomic E-state index is -1.28. The zero-order chi connectivity index (χ0) is 20.1. The summed E-state index contributed by atoms with van der Waals surface area (Å²) in [4.78, 5) is 51.3. The number of carbonyl (C=O) groups excluding carboxylic acids is 4. The minimum absolute atomic E-state index is 0.117. The third-order valence-electron chi connectivity index (χ3n) is 3.23. The molecule has 9 heteroatoms. The van der Waals surface area contributed by atoms with E-state index in [4.69, 9.17) is 4.74 Å². The third-order valence-corrected chi connectivity index (χ3v) is 3.23. The van der Waals surface area contributed by atoms with Gasteiger partial charge >= 0.3 is 12.1 Å². The van der Waals surface area contributed by atoms with Gasteiger partial charge in [0.25, 0.3) is 11.8 Å². The summed E-state index contributed by atoms with van der Waals surface area (Å²) in [5.41, 5.74) is -0.709. The molecule has 0 aliphatic carbocycles. The van der Waals surface area contributed by atoms with Crippen LogP contribution < -0.4 is 5.32 Å². The average molecular weight is 370 g/mol. The molecule has 0 saturated heterocycles. The van der Waals surface area contributed by atoms with Gasteiger partial charge in [0.05, 0.1) is 18.6 Å². The Bertz CT molecular complexity index is 574. The number of hydrogen-bond donors (Lipinski definition) is 2. The van der Waals surface area contributed by atoms with Crippen LogP contribution in [0.5, 0.6) is 0 Å². The Morgan fingerprint density at radius 3 is 2.19 bits per heavy atom. The Hall–Kier alpha value is -2.42. The van der Waals surface area contributed by atoms with E-state index >= 15 is 0 Å². The molecular formula is C17H26N2O7. The van der Waals surface area contributed by atoms with Gasteiger partial charge in [0.2, 0.25) is 0 Å². The molecule has 1 aliphatic heterocycles. The van der Waals surface area contributed by atoms with Crippen LogP contribution >= 0.6 is 0 Å². The van der Waals surface area contributed by atoms with Crippen molar-refractivity contribution in [2.24, 2.45) is 5.92 Å². The van der Waals surface area contributed by atoms with Gasteiger partial charge in [-0.25, -0.2) is 9.59 Å². The maximum absolute atomic E-state index is 11.9. The second-order valence-electron chi connectivity index (χ2n) is 7.42. The summed E-state index contributed by atoms with van der Waals surface area (Å²) in [6.07, 6.45) is -0.181. The maximum Gasteiger partial charge on any atom is 0.407 e. The molecule has 0 radical (unpaired) electrons. The fraction of sp³-hybridized carbons (Fsp3) is 0.647. The van der Waals surface area contributed by atoms with E-state index in [2.05, 4.69) is 10.2 Å². The van der Waals surface area contributed by atoms with Gasteiger partial charge in [-0.15, -0.1) is 0 Å². The lowest BCUT2D eigenvalue weighted by molar-refractivity contribution is -0.197. The number of nitrogens with one attached hydrogen (secondary N) is 1. The summed E-state index contributed by atoms with van der Waals surface area (Å²) >= 11 is 0. The van der Waals surface area contributed by atoms with Crippen molar-refractivity contribution in [1.29, 1.82) is 0 Å². The van der Waals surface area contributed by atoms with Gasteiger partial charge in [-0.2, -0.15) is 0 Å². The highest BCUT2D eigenvalue weighted by Crippen LogP contribution is 2.15. The van der Waals surface area contributed by atoms with E-state index in [0.29, 0.717) is 11.5 Å². The maximum atomic E-state index is 11.9. The molecule has 0 saturated carbocycles. The molecule has 146 valence electrons. The number of imide groups is 1. The number of aliphatic hydroxyl groups excluding tert-OH is 1. The van der Waals surface area contributed by atoms with Crippen molar-refractivity contribution in [1.82, 2.24) is 10.4 Å². The van der Waals surface area contributed by atoms with Crippen LogP contribution in [0.2, 0.25) is 0 Å². The predicted octanol–water partition coefficient (Wildman–Crippen LogP) is 1.06. The molecule has 9 nitrogen and oxygen atoms in total. The Morgan fingerprint density at radius 2 is 1.73 bits per heavy atom. The molecule has 2 atom stereocenters. The van der Waals surface area contributed by atoms with E-state index in [9.17, 15) is 24.3 Å². The number of nitrogens with zero attached hydrogens (tertiary/aromatic N) is 1. The molecule has 1 rings (SSSR count). The Kier molecular flexibility index (Phi) is 7.31. The topological polar surface area (TPSA) is 122 Å². The van der Waals surface area contributed by atoms with Gasteiger partial charge in [-0.05, 0) is 33.1 Å². The molecule has 2 N–H and O–H groups in total. The molecule has 0 unspecified atom stereocenters. The first-order valence-electron chi connectivity index (χ1n) is 8.33. The van der Waals surface area contributed by atoms with Crippen molar-refractivity contribution in [3.63, 3.8) is 0 Å². The molecule has 1 aliphatic rings. The molecule has 0 aromatic carbocycles. The second-order valence-corrected chi connectivity index (χ2v) is 7.42. The molecular weight excluding hydrogens is 344 g/mol. The number of hydroxylamine groups is 2. The molecule has 0 aromatic heterocycles. The van der Waals surface area contributed by atoms with Crippen molar-refractivity contribution in [2.75, 3.05) is 0 Å². The van der Waals surface area contributed by atoms with Crippen LogP contribution in [0.1, 0.15) is 47.5 Å². The number of alkyl carbamates (subject to hydrolysis) is 1. The normalized spacial score (nSPS) is 16.7. The monoisotopic (exact) mass is 370 g/mol. The molecule has 26 heavy (non-hydrogen) atoms. The first-order valence-corrected chi connectivity index (χ1v) is 8.33. The summed E-state index contributed by atoms with van der Waals surface area (Å²) in [7, 11) is 0. The van der Waals surface area contributed by atoms with E-state index in [1.807, 2.05) is 13.8 Å². The number of aliphatic hydroxyl groups is 1. The summed E-state index contributed by atoms with van der Waals surface area (Å²) < 4.78 is 5.16. The van der Waals surface area contributed by atoms with Crippen LogP contribution in [-0.4, -0.2) is 51.8 Å². The van der Waals surface area contributed by atoms with E-state index < -0.39 is 48.0 Å². The van der Waals surface area contributed by atoms with Crippen LogP contribution in [0.25, 0.3) is 0 Å². The molecule has 0 bridgehead atoms. The van der Waals surface area contributed by atoms with Gasteiger partial charge in [-0.1, -0.05) is 18.9 Å². The Morgan fingerprint density at radius 1 is 1.19 bits per heavy atom. The van der Waals surface area contributed by atoms with Crippen molar-refractivity contribution in [3.8, 4) is 0 Å². The lowest BCUT2D eigenvalue weighted by atomic mass is 9.97. The van der Waals surface area contributed by atoms with Gasteiger partial charge < -0.3 is 20.0 Å².